The number of benzene rings is 1. The molecule has 152 valence electrons. The van der Waals surface area contributed by atoms with Gasteiger partial charge in [0.2, 0.25) is 10.0 Å². The number of hydrogen-bond donors (Lipinski definition) is 2. The Morgan fingerprint density at radius 2 is 1.96 bits per heavy atom. The number of aliphatic hydroxyl groups is 1. The standard InChI is InChI=1S/C17H28N4O5S/c1-17(22,8-11-19(2)3)13-18-15-7-6-14(21(23)24)12-16(15)27(25,26)20-9-4-5-10-20/h6-7,12,18,22H,4-5,8-11,13H2,1-3H3/t17-/m1/s1. The molecule has 1 fully saturated rings. The fourth-order valence-electron chi connectivity index (χ4n) is 2.89. The maximum atomic E-state index is 13.0. The van der Waals surface area contributed by atoms with Crippen molar-refractivity contribution in [1.82, 2.24) is 9.21 Å². The molecule has 0 saturated carbocycles. The molecule has 1 aliphatic heterocycles. The molecule has 1 heterocycles. The summed E-state index contributed by atoms with van der Waals surface area (Å²) in [4.78, 5) is 12.3. The largest absolute Gasteiger partial charge is 0.388 e. The van der Waals surface area contributed by atoms with Gasteiger partial charge < -0.3 is 15.3 Å². The van der Waals surface area contributed by atoms with E-state index in [9.17, 15) is 23.6 Å². The molecule has 0 aromatic heterocycles. The van der Waals surface area contributed by atoms with Crippen LogP contribution in [0.25, 0.3) is 0 Å². The summed E-state index contributed by atoms with van der Waals surface area (Å²) in [7, 11) is -0.0356. The second kappa shape index (κ2) is 8.51. The van der Waals surface area contributed by atoms with Crippen LogP contribution < -0.4 is 5.32 Å². The monoisotopic (exact) mass is 400 g/mol. The van der Waals surface area contributed by atoms with E-state index >= 15 is 0 Å². The summed E-state index contributed by atoms with van der Waals surface area (Å²) in [5.74, 6) is 0. The third kappa shape index (κ3) is 5.61. The van der Waals surface area contributed by atoms with Gasteiger partial charge in [-0.2, -0.15) is 4.31 Å². The molecule has 10 heteroatoms. The zero-order valence-corrected chi connectivity index (χ0v) is 16.8. The molecule has 0 amide bonds. The first-order chi connectivity index (χ1) is 12.5. The van der Waals surface area contributed by atoms with Crippen molar-refractivity contribution in [1.29, 1.82) is 0 Å². The van der Waals surface area contributed by atoms with Gasteiger partial charge >= 0.3 is 0 Å². The molecule has 0 bridgehead atoms. The van der Waals surface area contributed by atoms with Gasteiger partial charge in [0.15, 0.2) is 0 Å². The van der Waals surface area contributed by atoms with E-state index in [1.54, 1.807) is 6.92 Å². The Morgan fingerprint density at radius 1 is 1.33 bits per heavy atom. The van der Waals surface area contributed by atoms with Crippen molar-refractivity contribution in [2.75, 3.05) is 45.6 Å². The number of sulfonamides is 1. The first kappa shape index (κ1) is 21.5. The molecule has 0 aliphatic carbocycles. The quantitative estimate of drug-likeness (QED) is 0.476. The van der Waals surface area contributed by atoms with Crippen molar-refractivity contribution >= 4 is 21.4 Å². The van der Waals surface area contributed by atoms with E-state index in [1.807, 2.05) is 19.0 Å². The molecule has 1 aliphatic rings. The van der Waals surface area contributed by atoms with E-state index in [0.29, 0.717) is 26.1 Å². The van der Waals surface area contributed by atoms with Crippen LogP contribution in [0.4, 0.5) is 11.4 Å². The van der Waals surface area contributed by atoms with Crippen molar-refractivity contribution in [3.8, 4) is 0 Å². The summed E-state index contributed by atoms with van der Waals surface area (Å²) < 4.78 is 27.3. The van der Waals surface area contributed by atoms with E-state index in [1.165, 1.54) is 16.4 Å². The van der Waals surface area contributed by atoms with Crippen LogP contribution in [0.15, 0.2) is 23.1 Å². The number of nitrogens with one attached hydrogen (secondary N) is 1. The van der Waals surface area contributed by atoms with Crippen molar-refractivity contribution in [3.05, 3.63) is 28.3 Å². The van der Waals surface area contributed by atoms with Crippen molar-refractivity contribution in [3.63, 3.8) is 0 Å². The maximum absolute atomic E-state index is 13.0. The van der Waals surface area contributed by atoms with Crippen LogP contribution in [0.5, 0.6) is 0 Å². The smallest absolute Gasteiger partial charge is 0.270 e. The minimum absolute atomic E-state index is 0.123. The van der Waals surface area contributed by atoms with E-state index in [2.05, 4.69) is 5.32 Å². The average Bonchev–Trinajstić information content (AvgIpc) is 3.13. The SMILES string of the molecule is CN(C)CC[C@@](C)(O)CNc1ccc([N+](=O)[O-])cc1S(=O)(=O)N1CCCC1. The summed E-state index contributed by atoms with van der Waals surface area (Å²) in [6, 6.07) is 3.74. The third-order valence-corrected chi connectivity index (χ3v) is 6.55. The second-order valence-corrected chi connectivity index (χ2v) is 9.36. The van der Waals surface area contributed by atoms with Gasteiger partial charge in [0.05, 0.1) is 16.2 Å². The predicted molar refractivity (Wildman–Crippen MR) is 103 cm³/mol. The highest BCUT2D eigenvalue weighted by Crippen LogP contribution is 2.31. The van der Waals surface area contributed by atoms with Gasteiger partial charge in [-0.1, -0.05) is 0 Å². The second-order valence-electron chi connectivity index (χ2n) is 7.45. The third-order valence-electron chi connectivity index (χ3n) is 4.62. The van der Waals surface area contributed by atoms with Crippen molar-refractivity contribution in [2.45, 2.75) is 36.7 Å². The molecule has 0 radical (unpaired) electrons. The van der Waals surface area contributed by atoms with E-state index < -0.39 is 20.5 Å². The van der Waals surface area contributed by atoms with Crippen LogP contribution in [0, 0.1) is 10.1 Å². The number of nitrogens with zero attached hydrogens (tertiary/aromatic N) is 3. The fourth-order valence-corrected chi connectivity index (χ4v) is 4.59. The summed E-state index contributed by atoms with van der Waals surface area (Å²) in [6.45, 7) is 3.29. The molecule has 1 aromatic rings. The van der Waals surface area contributed by atoms with Gasteiger partial charge in [0.25, 0.3) is 5.69 Å². The van der Waals surface area contributed by atoms with Crippen molar-refractivity contribution in [2.24, 2.45) is 0 Å². The molecule has 1 saturated heterocycles. The predicted octanol–water partition coefficient (Wildman–Crippen LogP) is 1.49. The Morgan fingerprint density at radius 3 is 2.52 bits per heavy atom. The highest BCUT2D eigenvalue weighted by Gasteiger charge is 2.31. The van der Waals surface area contributed by atoms with Crippen LogP contribution in [-0.2, 0) is 10.0 Å². The van der Waals surface area contributed by atoms with E-state index in [4.69, 9.17) is 0 Å². The van der Waals surface area contributed by atoms with Crippen molar-refractivity contribution < 1.29 is 18.4 Å². The van der Waals surface area contributed by atoms with Gasteiger partial charge in [0, 0.05) is 38.3 Å². The summed E-state index contributed by atoms with van der Waals surface area (Å²) in [5, 5.41) is 24.6. The minimum Gasteiger partial charge on any atom is -0.388 e. The lowest BCUT2D eigenvalue weighted by Gasteiger charge is -2.27. The molecular weight excluding hydrogens is 372 g/mol. The maximum Gasteiger partial charge on any atom is 0.270 e. The zero-order chi connectivity index (χ0) is 20.2. The van der Waals surface area contributed by atoms with Crippen LogP contribution in [0.1, 0.15) is 26.2 Å². The van der Waals surface area contributed by atoms with E-state index in [-0.39, 0.29) is 22.8 Å². The number of nitro groups is 1. The number of anilines is 1. The van der Waals surface area contributed by atoms with Crippen LogP contribution >= 0.6 is 0 Å². The zero-order valence-electron chi connectivity index (χ0n) is 16.0. The first-order valence-electron chi connectivity index (χ1n) is 8.92. The average molecular weight is 401 g/mol. The van der Waals surface area contributed by atoms with Gasteiger partial charge in [-0.25, -0.2) is 8.42 Å². The molecule has 1 atom stereocenters. The highest BCUT2D eigenvalue weighted by atomic mass is 32.2. The lowest BCUT2D eigenvalue weighted by atomic mass is 10.0. The molecule has 2 N–H and O–H groups in total. The fraction of sp³-hybridized carbons (Fsp3) is 0.647. The Hall–Kier alpha value is -1.75. The van der Waals surface area contributed by atoms with Crippen LogP contribution in [0.2, 0.25) is 0 Å². The highest BCUT2D eigenvalue weighted by molar-refractivity contribution is 7.89. The Bertz CT molecular complexity index is 774. The van der Waals surface area contributed by atoms with Gasteiger partial charge in [-0.15, -0.1) is 0 Å². The topological polar surface area (TPSA) is 116 Å². The molecular formula is C17H28N4O5S. The Labute approximate surface area is 160 Å². The summed E-state index contributed by atoms with van der Waals surface area (Å²) >= 11 is 0. The lowest BCUT2D eigenvalue weighted by Crippen LogP contribution is -2.37. The lowest BCUT2D eigenvalue weighted by molar-refractivity contribution is -0.385. The minimum atomic E-state index is -3.84. The summed E-state index contributed by atoms with van der Waals surface area (Å²) in [5.41, 5.74) is -1.07. The Balaban J connectivity index is 2.29. The Kier molecular flexibility index (Phi) is 6.79. The molecule has 0 spiro atoms. The molecule has 9 nitrogen and oxygen atoms in total. The number of nitro benzene ring substituents is 1. The van der Waals surface area contributed by atoms with Crippen LogP contribution in [-0.4, -0.2) is 73.5 Å². The number of non-ortho nitro benzene ring substituents is 1. The first-order valence-corrected chi connectivity index (χ1v) is 10.4. The molecule has 0 unspecified atom stereocenters. The van der Waals surface area contributed by atoms with Gasteiger partial charge in [0.1, 0.15) is 4.90 Å². The summed E-state index contributed by atoms with van der Waals surface area (Å²) in [6.07, 6.45) is 2.04. The normalized spacial score (nSPS) is 17.8. The molecule has 27 heavy (non-hydrogen) atoms. The molecule has 1 aromatic carbocycles. The van der Waals surface area contributed by atoms with Gasteiger partial charge in [-0.3, -0.25) is 10.1 Å². The molecule has 2 rings (SSSR count). The van der Waals surface area contributed by atoms with Gasteiger partial charge in [-0.05, 0) is 46.3 Å². The van der Waals surface area contributed by atoms with E-state index in [0.717, 1.165) is 18.9 Å². The number of rotatable bonds is 9. The van der Waals surface area contributed by atoms with Crippen LogP contribution in [0.3, 0.4) is 0 Å². The number of hydrogen-bond acceptors (Lipinski definition) is 7.